The van der Waals surface area contributed by atoms with E-state index >= 15 is 0 Å². The molecule has 1 aliphatic heterocycles. The third kappa shape index (κ3) is 4.70. The fraction of sp³-hybridized carbons (Fsp3) is 0.588. The van der Waals surface area contributed by atoms with Crippen LogP contribution >= 0.6 is 12.4 Å². The largest absolute Gasteiger partial charge is 0.324 e. The lowest BCUT2D eigenvalue weighted by molar-refractivity contribution is -0.118. The summed E-state index contributed by atoms with van der Waals surface area (Å²) in [6.07, 6.45) is 0. The number of amides is 1. The van der Waals surface area contributed by atoms with Crippen LogP contribution < -0.4 is 10.6 Å². The summed E-state index contributed by atoms with van der Waals surface area (Å²) < 4.78 is 0. The molecule has 1 aromatic rings. The summed E-state index contributed by atoms with van der Waals surface area (Å²) in [7, 11) is 0. The lowest BCUT2D eigenvalue weighted by Crippen LogP contribution is -2.52. The van der Waals surface area contributed by atoms with E-state index in [2.05, 4.69) is 61.4 Å². The van der Waals surface area contributed by atoms with Crippen molar-refractivity contribution >= 4 is 24.0 Å². The minimum Gasteiger partial charge on any atom is -0.324 e. The predicted molar refractivity (Wildman–Crippen MR) is 95.1 cm³/mol. The first-order chi connectivity index (χ1) is 9.99. The van der Waals surface area contributed by atoms with E-state index in [0.29, 0.717) is 18.5 Å². The van der Waals surface area contributed by atoms with Crippen molar-refractivity contribution in [1.29, 1.82) is 0 Å². The van der Waals surface area contributed by atoms with Crippen LogP contribution in [0.15, 0.2) is 18.2 Å². The van der Waals surface area contributed by atoms with Gasteiger partial charge in [-0.05, 0) is 30.9 Å². The van der Waals surface area contributed by atoms with E-state index in [0.717, 1.165) is 30.9 Å². The van der Waals surface area contributed by atoms with Crippen LogP contribution in [0, 0.1) is 6.92 Å². The molecular formula is C17H28ClN3O. The van der Waals surface area contributed by atoms with Gasteiger partial charge >= 0.3 is 0 Å². The van der Waals surface area contributed by atoms with Gasteiger partial charge in [0.15, 0.2) is 0 Å². The zero-order valence-electron chi connectivity index (χ0n) is 14.0. The summed E-state index contributed by atoms with van der Waals surface area (Å²) in [4.78, 5) is 14.6. The van der Waals surface area contributed by atoms with Crippen molar-refractivity contribution in [3.8, 4) is 0 Å². The van der Waals surface area contributed by atoms with E-state index in [-0.39, 0.29) is 18.3 Å². The highest BCUT2D eigenvalue weighted by atomic mass is 35.5. The number of halogens is 1. The van der Waals surface area contributed by atoms with Gasteiger partial charge in [-0.3, -0.25) is 9.69 Å². The Hall–Kier alpha value is -1.10. The maximum absolute atomic E-state index is 12.4. The number of carbonyl (C=O) groups excluding carboxylic acids is 1. The molecule has 4 nitrogen and oxygen atoms in total. The number of nitrogens with one attached hydrogen (secondary N) is 2. The van der Waals surface area contributed by atoms with Gasteiger partial charge in [0.2, 0.25) is 5.91 Å². The molecule has 0 spiro atoms. The summed E-state index contributed by atoms with van der Waals surface area (Å²) in [6, 6.07) is 6.61. The van der Waals surface area contributed by atoms with Crippen LogP contribution in [-0.2, 0) is 4.79 Å². The van der Waals surface area contributed by atoms with Gasteiger partial charge in [-0.1, -0.05) is 32.0 Å². The van der Waals surface area contributed by atoms with Gasteiger partial charge in [-0.25, -0.2) is 0 Å². The molecule has 124 valence electrons. The SMILES string of the molecule is Cc1cccc(C(C)C)c1NC(=O)CN1CCNC[C@@H]1C.Cl. The molecular weight excluding hydrogens is 298 g/mol. The third-order valence-corrected chi connectivity index (χ3v) is 4.18. The summed E-state index contributed by atoms with van der Waals surface area (Å²) in [5, 5.41) is 6.47. The van der Waals surface area contributed by atoms with Crippen LogP contribution in [0.3, 0.4) is 0 Å². The van der Waals surface area contributed by atoms with Crippen LogP contribution in [0.4, 0.5) is 5.69 Å². The number of carbonyl (C=O) groups is 1. The molecule has 1 saturated heterocycles. The number of aryl methyl sites for hydroxylation is 1. The second-order valence-corrected chi connectivity index (χ2v) is 6.27. The van der Waals surface area contributed by atoms with E-state index < -0.39 is 0 Å². The lowest BCUT2D eigenvalue weighted by Gasteiger charge is -2.33. The second kappa shape index (κ2) is 8.51. The van der Waals surface area contributed by atoms with Crippen molar-refractivity contribution < 1.29 is 4.79 Å². The average Bonchev–Trinajstić information content (AvgIpc) is 2.43. The fourth-order valence-electron chi connectivity index (χ4n) is 2.82. The van der Waals surface area contributed by atoms with Crippen LogP contribution in [0.1, 0.15) is 37.8 Å². The molecule has 0 radical (unpaired) electrons. The van der Waals surface area contributed by atoms with Gasteiger partial charge in [0.05, 0.1) is 6.54 Å². The monoisotopic (exact) mass is 325 g/mol. The number of piperazine rings is 1. The number of para-hydroxylation sites is 1. The van der Waals surface area contributed by atoms with Crippen LogP contribution in [0.5, 0.6) is 0 Å². The Balaban J connectivity index is 0.00000242. The van der Waals surface area contributed by atoms with Crippen molar-refractivity contribution in [3.05, 3.63) is 29.3 Å². The Labute approximate surface area is 140 Å². The minimum atomic E-state index is 0. The van der Waals surface area contributed by atoms with Crippen LogP contribution in [0.25, 0.3) is 0 Å². The lowest BCUT2D eigenvalue weighted by atomic mass is 9.98. The molecule has 1 heterocycles. The normalized spacial score (nSPS) is 18.9. The van der Waals surface area contributed by atoms with Gasteiger partial charge in [-0.2, -0.15) is 0 Å². The molecule has 5 heteroatoms. The Morgan fingerprint density at radius 1 is 1.45 bits per heavy atom. The number of rotatable bonds is 4. The smallest absolute Gasteiger partial charge is 0.238 e. The maximum Gasteiger partial charge on any atom is 0.238 e. The van der Waals surface area contributed by atoms with Crippen molar-refractivity contribution in [2.24, 2.45) is 0 Å². The van der Waals surface area contributed by atoms with E-state index in [9.17, 15) is 4.79 Å². The van der Waals surface area contributed by atoms with E-state index in [1.807, 2.05) is 0 Å². The molecule has 0 aliphatic carbocycles. The molecule has 1 amide bonds. The number of anilines is 1. The molecule has 2 rings (SSSR count). The Bertz CT molecular complexity index is 505. The van der Waals surface area contributed by atoms with Crippen molar-refractivity contribution in [1.82, 2.24) is 10.2 Å². The van der Waals surface area contributed by atoms with Gasteiger partial charge in [0, 0.05) is 31.4 Å². The number of nitrogens with zero attached hydrogens (tertiary/aromatic N) is 1. The van der Waals surface area contributed by atoms with Crippen molar-refractivity contribution in [2.75, 3.05) is 31.5 Å². The first kappa shape index (κ1) is 18.9. The van der Waals surface area contributed by atoms with Gasteiger partial charge in [0.1, 0.15) is 0 Å². The van der Waals surface area contributed by atoms with E-state index in [1.165, 1.54) is 5.56 Å². The fourth-order valence-corrected chi connectivity index (χ4v) is 2.82. The molecule has 22 heavy (non-hydrogen) atoms. The maximum atomic E-state index is 12.4. The summed E-state index contributed by atoms with van der Waals surface area (Å²) >= 11 is 0. The topological polar surface area (TPSA) is 44.4 Å². The number of hydrogen-bond acceptors (Lipinski definition) is 3. The number of benzene rings is 1. The van der Waals surface area contributed by atoms with Gasteiger partial charge in [0.25, 0.3) is 0 Å². The quantitative estimate of drug-likeness (QED) is 0.894. The number of hydrogen-bond donors (Lipinski definition) is 2. The second-order valence-electron chi connectivity index (χ2n) is 6.27. The zero-order valence-corrected chi connectivity index (χ0v) is 14.8. The van der Waals surface area contributed by atoms with Crippen molar-refractivity contribution in [3.63, 3.8) is 0 Å². The molecule has 0 saturated carbocycles. The van der Waals surface area contributed by atoms with Crippen molar-refractivity contribution in [2.45, 2.75) is 39.7 Å². The zero-order chi connectivity index (χ0) is 15.4. The molecule has 0 unspecified atom stereocenters. The van der Waals surface area contributed by atoms with Crippen LogP contribution in [-0.4, -0.2) is 43.0 Å². The predicted octanol–water partition coefficient (Wildman–Crippen LogP) is 2.77. The summed E-state index contributed by atoms with van der Waals surface area (Å²) in [5.74, 6) is 0.485. The molecule has 1 fully saturated rings. The highest BCUT2D eigenvalue weighted by Crippen LogP contribution is 2.27. The molecule has 1 atom stereocenters. The molecule has 2 N–H and O–H groups in total. The standard InChI is InChI=1S/C17H27N3O.ClH/c1-12(2)15-7-5-6-13(3)17(15)19-16(21)11-20-9-8-18-10-14(20)4;/h5-7,12,14,18H,8-11H2,1-4H3,(H,19,21);1H/t14-;/m0./s1. The third-order valence-electron chi connectivity index (χ3n) is 4.18. The summed E-state index contributed by atoms with van der Waals surface area (Å²) in [6.45, 7) is 11.8. The molecule has 0 aromatic heterocycles. The Morgan fingerprint density at radius 3 is 2.82 bits per heavy atom. The van der Waals surface area contributed by atoms with E-state index in [1.54, 1.807) is 0 Å². The minimum absolute atomic E-state index is 0. The molecule has 1 aromatic carbocycles. The Kier molecular flexibility index (Phi) is 7.33. The Morgan fingerprint density at radius 2 is 2.18 bits per heavy atom. The first-order valence-corrected chi connectivity index (χ1v) is 7.83. The molecule has 0 bridgehead atoms. The van der Waals surface area contributed by atoms with Crippen LogP contribution in [0.2, 0.25) is 0 Å². The highest BCUT2D eigenvalue weighted by molar-refractivity contribution is 5.94. The average molecular weight is 326 g/mol. The molecule has 1 aliphatic rings. The van der Waals surface area contributed by atoms with Gasteiger partial charge in [-0.15, -0.1) is 12.4 Å². The highest BCUT2D eigenvalue weighted by Gasteiger charge is 2.21. The van der Waals surface area contributed by atoms with Gasteiger partial charge < -0.3 is 10.6 Å². The first-order valence-electron chi connectivity index (χ1n) is 7.83. The van der Waals surface area contributed by atoms with E-state index in [4.69, 9.17) is 0 Å². The summed E-state index contributed by atoms with van der Waals surface area (Å²) in [5.41, 5.74) is 3.32.